The molecule has 1 aliphatic rings. The molecule has 0 amide bonds. The number of rotatable bonds is 3. The van der Waals surface area contributed by atoms with Crippen molar-refractivity contribution >= 4 is 17.8 Å². The summed E-state index contributed by atoms with van der Waals surface area (Å²) in [7, 11) is 3.04. The second-order valence-electron chi connectivity index (χ2n) is 2.80. The Morgan fingerprint density at radius 2 is 2.36 bits per heavy atom. The lowest BCUT2D eigenvalue weighted by Gasteiger charge is -2.29. The van der Waals surface area contributed by atoms with Gasteiger partial charge in [0, 0.05) is 7.11 Å². The summed E-state index contributed by atoms with van der Waals surface area (Å²) in [6.07, 6.45) is 6.37. The molecule has 0 aromatic heterocycles. The summed E-state index contributed by atoms with van der Waals surface area (Å²) in [4.78, 5) is 0. The van der Waals surface area contributed by atoms with Crippen LogP contribution in [0.3, 0.4) is 0 Å². The highest BCUT2D eigenvalue weighted by Gasteiger charge is 2.35. The Morgan fingerprint density at radius 1 is 1.64 bits per heavy atom. The van der Waals surface area contributed by atoms with Crippen LogP contribution in [0.15, 0.2) is 29.1 Å². The monoisotopic (exact) mass is 217 g/mol. The molecule has 1 rings (SSSR count). The molecule has 78 valence electrons. The molecule has 0 saturated carbocycles. The van der Waals surface area contributed by atoms with E-state index in [9.17, 15) is 0 Å². The first kappa shape index (κ1) is 11.1. The van der Waals surface area contributed by atoms with Crippen molar-refractivity contribution in [1.82, 2.24) is 0 Å². The number of alkyl halides is 1. The Hall–Kier alpha value is -1.00. The van der Waals surface area contributed by atoms with Gasteiger partial charge >= 0.3 is 0 Å². The summed E-state index contributed by atoms with van der Waals surface area (Å²) in [6, 6.07) is 0. The highest BCUT2D eigenvalue weighted by molar-refractivity contribution is 6.25. The van der Waals surface area contributed by atoms with Crippen LogP contribution in [0.25, 0.3) is 0 Å². The number of hydrogen-bond donors (Lipinski definition) is 1. The quantitative estimate of drug-likeness (QED) is 0.339. The summed E-state index contributed by atoms with van der Waals surface area (Å²) in [5, 5.41) is 10.4. The number of allylic oxidation sites excluding steroid dienone is 1. The van der Waals surface area contributed by atoms with Crippen LogP contribution in [-0.2, 0) is 9.47 Å². The predicted molar refractivity (Wildman–Crippen MR) is 53.6 cm³/mol. The molecule has 1 aliphatic carbocycles. The van der Waals surface area contributed by atoms with E-state index in [4.69, 9.17) is 26.3 Å². The highest BCUT2D eigenvalue weighted by atomic mass is 35.5. The Bertz CT molecular complexity index is 288. The zero-order valence-corrected chi connectivity index (χ0v) is 8.73. The van der Waals surface area contributed by atoms with Gasteiger partial charge in [0.25, 0.3) is 0 Å². The van der Waals surface area contributed by atoms with Crippen molar-refractivity contribution in [3.63, 3.8) is 0 Å². The van der Waals surface area contributed by atoms with Crippen LogP contribution in [0.4, 0.5) is 0 Å². The Labute approximate surface area is 87.4 Å². The van der Waals surface area contributed by atoms with Gasteiger partial charge in [-0.05, 0) is 18.2 Å². The molecule has 2 atom stereocenters. The molecule has 0 heterocycles. The van der Waals surface area contributed by atoms with Gasteiger partial charge in [-0.1, -0.05) is 11.6 Å². The van der Waals surface area contributed by atoms with Crippen molar-refractivity contribution in [2.24, 2.45) is 11.1 Å². The number of hydrogen-bond acceptors (Lipinski definition) is 4. The van der Waals surface area contributed by atoms with Gasteiger partial charge in [0.15, 0.2) is 5.06 Å². The minimum atomic E-state index is -1.01. The molecule has 0 aromatic carbocycles. The third kappa shape index (κ3) is 2.08. The molecule has 1 N–H and O–H groups in total. The van der Waals surface area contributed by atoms with Crippen LogP contribution in [0, 0.1) is 5.92 Å². The largest absolute Gasteiger partial charge is 0.497 e. The van der Waals surface area contributed by atoms with Gasteiger partial charge in [0.2, 0.25) is 0 Å². The maximum absolute atomic E-state index is 8.47. The van der Waals surface area contributed by atoms with Crippen LogP contribution in [0.1, 0.15) is 0 Å². The second kappa shape index (κ2) is 4.48. The topological polar surface area (TPSA) is 51.0 Å². The molecule has 0 fully saturated rings. The lowest BCUT2D eigenvalue weighted by molar-refractivity contribution is 0.0856. The molecule has 0 bridgehead atoms. The van der Waals surface area contributed by atoms with Crippen molar-refractivity contribution in [1.29, 1.82) is 0 Å². The van der Waals surface area contributed by atoms with Gasteiger partial charge in [0.1, 0.15) is 5.76 Å². The maximum Gasteiger partial charge on any atom is 0.171 e. The molecule has 2 unspecified atom stereocenters. The summed E-state index contributed by atoms with van der Waals surface area (Å²) in [5.41, 5.74) is 0. The van der Waals surface area contributed by atoms with Crippen LogP contribution in [0.5, 0.6) is 0 Å². The first-order valence-corrected chi connectivity index (χ1v) is 4.40. The third-order valence-corrected chi connectivity index (χ3v) is 2.58. The molecule has 14 heavy (non-hydrogen) atoms. The number of halogens is 1. The van der Waals surface area contributed by atoms with E-state index in [-0.39, 0.29) is 5.92 Å². The fourth-order valence-corrected chi connectivity index (χ4v) is 1.39. The Morgan fingerprint density at radius 3 is 2.86 bits per heavy atom. The van der Waals surface area contributed by atoms with Crippen LogP contribution < -0.4 is 0 Å². The van der Waals surface area contributed by atoms with E-state index in [0.29, 0.717) is 5.76 Å². The van der Waals surface area contributed by atoms with Crippen LogP contribution in [0.2, 0.25) is 0 Å². The average molecular weight is 218 g/mol. The number of ether oxygens (including phenoxy) is 2. The lowest BCUT2D eigenvalue weighted by atomic mass is 9.97. The first-order valence-electron chi connectivity index (χ1n) is 4.03. The minimum absolute atomic E-state index is 0.362. The van der Waals surface area contributed by atoms with E-state index in [1.165, 1.54) is 13.3 Å². The van der Waals surface area contributed by atoms with E-state index in [1.54, 1.807) is 25.3 Å². The molecule has 0 aliphatic heterocycles. The standard InChI is InChI=1S/C9H12ClNO3/c1-13-8-3-4-9(10,14-2)7(5-8)6-11-12/h3-7,12H,1-2H3/b11-6+. The zero-order valence-electron chi connectivity index (χ0n) is 7.98. The zero-order chi connectivity index (χ0) is 10.6. The maximum atomic E-state index is 8.47. The summed E-state index contributed by atoms with van der Waals surface area (Å²) < 4.78 is 10.1. The fraction of sp³-hybridized carbons (Fsp3) is 0.444. The third-order valence-electron chi connectivity index (χ3n) is 2.05. The van der Waals surface area contributed by atoms with E-state index < -0.39 is 5.06 Å². The molecular formula is C9H12ClNO3. The smallest absolute Gasteiger partial charge is 0.171 e. The Balaban J connectivity index is 2.94. The second-order valence-corrected chi connectivity index (χ2v) is 3.39. The SMILES string of the molecule is COC1=CC(/C=N/O)C(Cl)(OC)C=C1. The van der Waals surface area contributed by atoms with E-state index in [0.717, 1.165) is 0 Å². The molecule has 0 spiro atoms. The van der Waals surface area contributed by atoms with Gasteiger partial charge in [-0.3, -0.25) is 0 Å². The van der Waals surface area contributed by atoms with Crippen molar-refractivity contribution in [2.75, 3.05) is 14.2 Å². The Kier molecular flexibility index (Phi) is 3.55. The number of methoxy groups -OCH3 is 2. The normalized spacial score (nSPS) is 31.9. The first-order chi connectivity index (χ1) is 6.66. The van der Waals surface area contributed by atoms with Gasteiger partial charge in [0.05, 0.1) is 19.2 Å². The summed E-state index contributed by atoms with van der Waals surface area (Å²) >= 11 is 6.12. The lowest BCUT2D eigenvalue weighted by Crippen LogP contribution is -2.34. The van der Waals surface area contributed by atoms with Crippen LogP contribution >= 0.6 is 11.6 Å². The van der Waals surface area contributed by atoms with Crippen molar-refractivity contribution in [3.8, 4) is 0 Å². The average Bonchev–Trinajstić information content (AvgIpc) is 2.22. The molecule has 0 aromatic rings. The fourth-order valence-electron chi connectivity index (χ4n) is 1.21. The summed E-state index contributed by atoms with van der Waals surface area (Å²) in [5.74, 6) is 0.294. The van der Waals surface area contributed by atoms with Crippen LogP contribution in [-0.4, -0.2) is 30.7 Å². The van der Waals surface area contributed by atoms with Gasteiger partial charge in [-0.25, -0.2) is 0 Å². The van der Waals surface area contributed by atoms with E-state index in [2.05, 4.69) is 5.16 Å². The predicted octanol–water partition coefficient (Wildman–Crippen LogP) is 1.74. The van der Waals surface area contributed by atoms with Crippen molar-refractivity contribution in [2.45, 2.75) is 5.06 Å². The number of oxime groups is 1. The minimum Gasteiger partial charge on any atom is -0.497 e. The molecule has 4 nitrogen and oxygen atoms in total. The highest BCUT2D eigenvalue weighted by Crippen LogP contribution is 2.33. The van der Waals surface area contributed by atoms with Gasteiger partial charge < -0.3 is 14.7 Å². The molecule has 0 radical (unpaired) electrons. The van der Waals surface area contributed by atoms with Crippen molar-refractivity contribution < 1.29 is 14.7 Å². The van der Waals surface area contributed by atoms with Gasteiger partial charge in [-0.15, -0.1) is 5.16 Å². The van der Waals surface area contributed by atoms with E-state index in [1.807, 2.05) is 0 Å². The molecule has 5 heteroatoms. The van der Waals surface area contributed by atoms with Gasteiger partial charge in [-0.2, -0.15) is 0 Å². The number of nitrogens with zero attached hydrogens (tertiary/aromatic N) is 1. The van der Waals surface area contributed by atoms with E-state index >= 15 is 0 Å². The molecule has 0 saturated heterocycles. The molecular weight excluding hydrogens is 206 g/mol. The van der Waals surface area contributed by atoms with Crippen molar-refractivity contribution in [3.05, 3.63) is 24.0 Å². The summed E-state index contributed by atoms with van der Waals surface area (Å²) in [6.45, 7) is 0.